The van der Waals surface area contributed by atoms with Crippen LogP contribution in [0.4, 0.5) is 0 Å². The minimum Gasteiger partial charge on any atom is -0.391 e. The molecule has 0 bridgehead atoms. The van der Waals surface area contributed by atoms with E-state index in [4.69, 9.17) is 0 Å². The highest BCUT2D eigenvalue weighted by Crippen LogP contribution is 2.30. The molecule has 1 heterocycles. The van der Waals surface area contributed by atoms with Gasteiger partial charge in [0.05, 0.1) is 11.9 Å². The molecule has 0 unspecified atom stereocenters. The van der Waals surface area contributed by atoms with Gasteiger partial charge in [-0.15, -0.1) is 11.3 Å². The molecule has 0 radical (unpaired) electrons. The molecule has 0 spiro atoms. The van der Waals surface area contributed by atoms with E-state index in [9.17, 15) is 13.5 Å². The van der Waals surface area contributed by atoms with Crippen LogP contribution in [0.25, 0.3) is 0 Å². The minimum absolute atomic E-state index is 0.204. The quantitative estimate of drug-likeness (QED) is 0.848. The number of fused-ring (bicyclic) bond motifs is 1. The highest BCUT2D eigenvalue weighted by molar-refractivity contribution is 7.93. The van der Waals surface area contributed by atoms with Crippen LogP contribution < -0.4 is 5.32 Å². The molecule has 1 aromatic heterocycles. The molecule has 0 fully saturated rings. The minimum atomic E-state index is -3.39. The first-order valence-electron chi connectivity index (χ1n) is 7.32. The number of benzene rings is 1. The maximum Gasteiger partial charge on any atom is 0.190 e. The molecule has 1 aliphatic carbocycles. The molecule has 2 N–H and O–H groups in total. The summed E-state index contributed by atoms with van der Waals surface area (Å²) in [4.78, 5) is 0. The summed E-state index contributed by atoms with van der Waals surface area (Å²) in [5.41, 5.74) is 2.59. The van der Waals surface area contributed by atoms with Crippen molar-refractivity contribution in [1.29, 1.82) is 0 Å². The van der Waals surface area contributed by atoms with Crippen molar-refractivity contribution in [3.05, 3.63) is 52.9 Å². The number of rotatable bonds is 6. The monoisotopic (exact) mass is 337 g/mol. The van der Waals surface area contributed by atoms with Gasteiger partial charge in [-0.25, -0.2) is 8.42 Å². The number of hydrogen-bond donors (Lipinski definition) is 2. The van der Waals surface area contributed by atoms with E-state index < -0.39 is 15.9 Å². The number of thiophene rings is 1. The molecular weight excluding hydrogens is 318 g/mol. The van der Waals surface area contributed by atoms with Gasteiger partial charge < -0.3 is 10.4 Å². The Kier molecular flexibility index (Phi) is 4.63. The van der Waals surface area contributed by atoms with Crippen molar-refractivity contribution in [2.24, 2.45) is 0 Å². The first-order chi connectivity index (χ1) is 10.6. The lowest BCUT2D eigenvalue weighted by atomic mass is 10.1. The molecule has 3 rings (SSSR count). The molecule has 0 amide bonds. The summed E-state index contributed by atoms with van der Waals surface area (Å²) in [6.07, 6.45) is 1.11. The van der Waals surface area contributed by atoms with Gasteiger partial charge in [-0.05, 0) is 35.4 Å². The van der Waals surface area contributed by atoms with Gasteiger partial charge in [-0.3, -0.25) is 0 Å². The van der Waals surface area contributed by atoms with E-state index in [1.807, 2.05) is 12.1 Å². The number of hydrogen-bond acceptors (Lipinski definition) is 5. The highest BCUT2D eigenvalue weighted by Gasteiger charge is 2.24. The predicted octanol–water partition coefficient (Wildman–Crippen LogP) is 2.16. The number of aryl methyl sites for hydroxylation is 1. The normalized spacial score (nSPS) is 19.0. The molecule has 2 atom stereocenters. The van der Waals surface area contributed by atoms with Gasteiger partial charge in [0, 0.05) is 12.6 Å². The summed E-state index contributed by atoms with van der Waals surface area (Å²) in [6.45, 7) is 0.281. The molecule has 0 saturated heterocycles. The van der Waals surface area contributed by atoms with E-state index in [2.05, 4.69) is 17.4 Å². The first kappa shape index (κ1) is 15.7. The summed E-state index contributed by atoms with van der Waals surface area (Å²) >= 11 is 1.19. The van der Waals surface area contributed by atoms with Crippen molar-refractivity contribution in [1.82, 2.24) is 5.32 Å². The van der Waals surface area contributed by atoms with Crippen molar-refractivity contribution < 1.29 is 13.5 Å². The highest BCUT2D eigenvalue weighted by atomic mass is 32.2. The molecule has 0 saturated carbocycles. The smallest absolute Gasteiger partial charge is 0.190 e. The number of aliphatic hydroxyl groups excluding tert-OH is 1. The fourth-order valence-electron chi connectivity index (χ4n) is 2.88. The van der Waals surface area contributed by atoms with Crippen molar-refractivity contribution in [3.63, 3.8) is 0 Å². The summed E-state index contributed by atoms with van der Waals surface area (Å²) in [7, 11) is -3.39. The third kappa shape index (κ3) is 3.41. The van der Waals surface area contributed by atoms with Crippen LogP contribution in [0.5, 0.6) is 0 Å². The van der Waals surface area contributed by atoms with Crippen molar-refractivity contribution in [2.75, 3.05) is 12.3 Å². The van der Waals surface area contributed by atoms with Crippen LogP contribution in [0.1, 0.15) is 23.6 Å². The third-order valence-electron chi connectivity index (χ3n) is 3.95. The Hall–Kier alpha value is -1.21. The average molecular weight is 337 g/mol. The molecule has 1 aromatic carbocycles. The zero-order valence-corrected chi connectivity index (χ0v) is 13.7. The zero-order chi connectivity index (χ0) is 15.6. The number of aliphatic hydroxyl groups is 1. The second kappa shape index (κ2) is 6.50. The van der Waals surface area contributed by atoms with Gasteiger partial charge in [0.25, 0.3) is 0 Å². The van der Waals surface area contributed by atoms with Gasteiger partial charge in [0.2, 0.25) is 0 Å². The van der Waals surface area contributed by atoms with E-state index in [1.165, 1.54) is 22.5 Å². The van der Waals surface area contributed by atoms with Crippen LogP contribution >= 0.6 is 11.3 Å². The Balaban J connectivity index is 1.57. The van der Waals surface area contributed by atoms with Gasteiger partial charge >= 0.3 is 0 Å². The van der Waals surface area contributed by atoms with Crippen molar-refractivity contribution in [3.8, 4) is 0 Å². The summed E-state index contributed by atoms with van der Waals surface area (Å²) < 4.78 is 24.6. The summed E-state index contributed by atoms with van der Waals surface area (Å²) in [5.74, 6) is -0.241. The fourth-order valence-corrected chi connectivity index (χ4v) is 5.36. The molecule has 0 aliphatic heterocycles. The maximum atomic E-state index is 12.1. The second-order valence-corrected chi connectivity index (χ2v) is 8.77. The molecule has 22 heavy (non-hydrogen) atoms. The van der Waals surface area contributed by atoms with Crippen LogP contribution in [0, 0.1) is 0 Å². The lowest BCUT2D eigenvalue weighted by Crippen LogP contribution is -2.34. The summed E-state index contributed by atoms with van der Waals surface area (Å²) in [5, 5.41) is 15.1. The van der Waals surface area contributed by atoms with Gasteiger partial charge in [0.1, 0.15) is 4.21 Å². The lowest BCUT2D eigenvalue weighted by molar-refractivity contribution is 0.188. The Morgan fingerprint density at radius 2 is 2.09 bits per heavy atom. The SMILES string of the molecule is O=S(=O)(C[C@H](O)CN[C@H]1CCc2ccccc21)c1cccs1. The first-order valence-corrected chi connectivity index (χ1v) is 9.85. The Morgan fingerprint density at radius 3 is 2.86 bits per heavy atom. The molecular formula is C16H19NO3S2. The van der Waals surface area contributed by atoms with Gasteiger partial charge in [-0.1, -0.05) is 30.3 Å². The van der Waals surface area contributed by atoms with Crippen LogP contribution in [0.3, 0.4) is 0 Å². The standard InChI is InChI=1S/C16H19NO3S2/c18-13(11-22(19,20)16-6-3-9-21-16)10-17-15-8-7-12-4-1-2-5-14(12)15/h1-6,9,13,15,17-18H,7-8,10-11H2/t13-,15+/m1/s1. The molecule has 6 heteroatoms. The molecule has 1 aliphatic rings. The fraction of sp³-hybridized carbons (Fsp3) is 0.375. The second-order valence-electron chi connectivity index (χ2n) is 5.57. The third-order valence-corrected chi connectivity index (χ3v) is 7.23. The van der Waals surface area contributed by atoms with Gasteiger partial charge in [-0.2, -0.15) is 0 Å². The topological polar surface area (TPSA) is 66.4 Å². The van der Waals surface area contributed by atoms with E-state index in [-0.39, 0.29) is 18.3 Å². The van der Waals surface area contributed by atoms with E-state index in [1.54, 1.807) is 17.5 Å². The summed E-state index contributed by atoms with van der Waals surface area (Å²) in [6, 6.07) is 11.7. The zero-order valence-electron chi connectivity index (χ0n) is 12.1. The van der Waals surface area contributed by atoms with E-state index in [0.717, 1.165) is 12.8 Å². The largest absolute Gasteiger partial charge is 0.391 e. The molecule has 4 nitrogen and oxygen atoms in total. The van der Waals surface area contributed by atoms with Crippen LogP contribution in [-0.2, 0) is 16.3 Å². The van der Waals surface area contributed by atoms with Crippen molar-refractivity contribution >= 4 is 21.2 Å². The number of sulfone groups is 1. The maximum absolute atomic E-state index is 12.1. The lowest BCUT2D eigenvalue weighted by Gasteiger charge is -2.17. The van der Waals surface area contributed by atoms with Crippen LogP contribution in [-0.4, -0.2) is 31.9 Å². The molecule has 2 aromatic rings. The van der Waals surface area contributed by atoms with Crippen molar-refractivity contribution in [2.45, 2.75) is 29.2 Å². The van der Waals surface area contributed by atoms with E-state index >= 15 is 0 Å². The number of nitrogens with one attached hydrogen (secondary N) is 1. The Morgan fingerprint density at radius 1 is 1.27 bits per heavy atom. The van der Waals surface area contributed by atoms with Crippen LogP contribution in [0.2, 0.25) is 0 Å². The van der Waals surface area contributed by atoms with Gasteiger partial charge in [0.15, 0.2) is 9.84 Å². The van der Waals surface area contributed by atoms with Crippen LogP contribution in [0.15, 0.2) is 46.0 Å². The predicted molar refractivity (Wildman–Crippen MR) is 87.9 cm³/mol. The van der Waals surface area contributed by atoms with E-state index in [0.29, 0.717) is 4.21 Å². The Bertz CT molecular complexity index is 726. The average Bonchev–Trinajstić information content (AvgIpc) is 3.15. The Labute approximate surface area is 134 Å². The molecule has 118 valence electrons.